The maximum Gasteiger partial charge on any atom is 0.169 e. The molecule has 0 aliphatic heterocycles. The highest BCUT2D eigenvalue weighted by Gasteiger charge is 2.30. The molecule has 2 N–H and O–H groups in total. The van der Waals surface area contributed by atoms with Crippen LogP contribution in [0.3, 0.4) is 0 Å². The van der Waals surface area contributed by atoms with Gasteiger partial charge in [-0.15, -0.1) is 0 Å². The maximum absolute atomic E-state index is 12.4. The summed E-state index contributed by atoms with van der Waals surface area (Å²) in [4.78, 5) is 12.4. The first-order chi connectivity index (χ1) is 8.09. The Hall–Kier alpha value is -0.570. The predicted octanol–water partition coefficient (Wildman–Crippen LogP) is 3.69. The van der Waals surface area contributed by atoms with Gasteiger partial charge in [0.15, 0.2) is 5.78 Å². The number of carbonyl (C=O) groups excluding carboxylic acids is 1. The van der Waals surface area contributed by atoms with Crippen molar-refractivity contribution in [2.45, 2.75) is 31.7 Å². The zero-order valence-corrected chi connectivity index (χ0v) is 11.0. The van der Waals surface area contributed by atoms with Gasteiger partial charge in [-0.3, -0.25) is 4.79 Å². The van der Waals surface area contributed by atoms with E-state index in [2.05, 4.69) is 0 Å². The first kappa shape index (κ1) is 12.9. The van der Waals surface area contributed by atoms with E-state index in [4.69, 9.17) is 28.9 Å². The van der Waals surface area contributed by atoms with Crippen LogP contribution in [-0.2, 0) is 0 Å². The molecule has 0 heterocycles. The number of halogens is 2. The lowest BCUT2D eigenvalue weighted by molar-refractivity contribution is 0.0871. The minimum absolute atomic E-state index is 0.0321. The van der Waals surface area contributed by atoms with Gasteiger partial charge in [0.1, 0.15) is 0 Å². The van der Waals surface area contributed by atoms with Gasteiger partial charge >= 0.3 is 0 Å². The molecule has 1 aromatic rings. The lowest BCUT2D eigenvalue weighted by atomic mass is 9.80. The van der Waals surface area contributed by atoms with E-state index in [-0.39, 0.29) is 17.7 Å². The summed E-state index contributed by atoms with van der Waals surface area (Å²) >= 11 is 11.9. The molecule has 0 amide bonds. The van der Waals surface area contributed by atoms with Crippen LogP contribution in [0.2, 0.25) is 10.0 Å². The SMILES string of the molecule is NC1CCCCC1C(=O)c1cc(Cl)ccc1Cl. The molecule has 17 heavy (non-hydrogen) atoms. The maximum atomic E-state index is 12.4. The number of hydrogen-bond acceptors (Lipinski definition) is 2. The summed E-state index contributed by atoms with van der Waals surface area (Å²) in [6.07, 6.45) is 3.92. The van der Waals surface area contributed by atoms with Crippen LogP contribution < -0.4 is 5.73 Å². The lowest BCUT2D eigenvalue weighted by Crippen LogP contribution is -2.38. The van der Waals surface area contributed by atoms with Crippen molar-refractivity contribution >= 4 is 29.0 Å². The molecule has 1 fully saturated rings. The number of Topliss-reactive ketones (excluding diaryl/α,β-unsaturated/α-hetero) is 1. The number of carbonyl (C=O) groups is 1. The van der Waals surface area contributed by atoms with Gasteiger partial charge in [-0.2, -0.15) is 0 Å². The number of benzene rings is 1. The lowest BCUT2D eigenvalue weighted by Gasteiger charge is -2.27. The molecule has 2 nitrogen and oxygen atoms in total. The van der Waals surface area contributed by atoms with Crippen LogP contribution in [0, 0.1) is 5.92 Å². The molecular weight excluding hydrogens is 257 g/mol. The third-order valence-electron chi connectivity index (χ3n) is 3.35. The Balaban J connectivity index is 2.26. The van der Waals surface area contributed by atoms with E-state index in [0.29, 0.717) is 15.6 Å². The van der Waals surface area contributed by atoms with Gasteiger partial charge in [0.25, 0.3) is 0 Å². The number of rotatable bonds is 2. The smallest absolute Gasteiger partial charge is 0.169 e. The van der Waals surface area contributed by atoms with Crippen molar-refractivity contribution in [3.05, 3.63) is 33.8 Å². The van der Waals surface area contributed by atoms with Crippen LogP contribution in [0.5, 0.6) is 0 Å². The molecule has 0 saturated heterocycles. The van der Waals surface area contributed by atoms with Gasteiger partial charge in [0, 0.05) is 22.5 Å². The molecule has 0 radical (unpaired) electrons. The standard InChI is InChI=1S/C13H15Cl2NO/c14-8-5-6-11(15)10(7-8)13(17)9-3-1-2-4-12(9)16/h5-7,9,12H,1-4,16H2. The van der Waals surface area contributed by atoms with Crippen LogP contribution in [0.4, 0.5) is 0 Å². The largest absolute Gasteiger partial charge is 0.327 e. The average Bonchev–Trinajstić information content (AvgIpc) is 2.32. The first-order valence-corrected chi connectivity index (χ1v) is 6.60. The van der Waals surface area contributed by atoms with Crippen molar-refractivity contribution in [2.75, 3.05) is 0 Å². The Labute approximate surface area is 111 Å². The van der Waals surface area contributed by atoms with E-state index in [1.807, 2.05) is 0 Å². The van der Waals surface area contributed by atoms with Crippen LogP contribution >= 0.6 is 23.2 Å². The Kier molecular flexibility index (Phi) is 4.08. The summed E-state index contributed by atoms with van der Waals surface area (Å²) in [6.45, 7) is 0. The van der Waals surface area contributed by atoms with E-state index < -0.39 is 0 Å². The fourth-order valence-corrected chi connectivity index (χ4v) is 2.75. The van der Waals surface area contributed by atoms with E-state index in [9.17, 15) is 4.79 Å². The Bertz CT molecular complexity index is 433. The highest BCUT2D eigenvalue weighted by molar-refractivity contribution is 6.36. The zero-order valence-electron chi connectivity index (χ0n) is 9.46. The zero-order chi connectivity index (χ0) is 12.4. The summed E-state index contributed by atoms with van der Waals surface area (Å²) < 4.78 is 0. The second kappa shape index (κ2) is 5.38. The van der Waals surface area contributed by atoms with E-state index >= 15 is 0 Å². The number of nitrogens with two attached hydrogens (primary N) is 1. The van der Waals surface area contributed by atoms with Crippen LogP contribution in [-0.4, -0.2) is 11.8 Å². The Morgan fingerprint density at radius 3 is 2.65 bits per heavy atom. The monoisotopic (exact) mass is 271 g/mol. The van der Waals surface area contributed by atoms with Crippen molar-refractivity contribution in [1.82, 2.24) is 0 Å². The summed E-state index contributed by atoms with van der Waals surface area (Å²) in [5.41, 5.74) is 6.51. The topological polar surface area (TPSA) is 43.1 Å². The molecule has 1 aliphatic carbocycles. The molecule has 1 saturated carbocycles. The molecule has 0 bridgehead atoms. The van der Waals surface area contributed by atoms with Gasteiger partial charge in [-0.1, -0.05) is 36.0 Å². The summed E-state index contributed by atoms with van der Waals surface area (Å²) in [5.74, 6) is -0.0792. The second-order valence-corrected chi connectivity index (χ2v) is 5.39. The molecule has 4 heteroatoms. The summed E-state index contributed by atoms with van der Waals surface area (Å²) in [5, 5.41) is 0.985. The van der Waals surface area contributed by atoms with Crippen LogP contribution in [0.25, 0.3) is 0 Å². The van der Waals surface area contributed by atoms with Crippen LogP contribution in [0.1, 0.15) is 36.0 Å². The van der Waals surface area contributed by atoms with Crippen molar-refractivity contribution in [3.63, 3.8) is 0 Å². The highest BCUT2D eigenvalue weighted by Crippen LogP contribution is 2.30. The fraction of sp³-hybridized carbons (Fsp3) is 0.462. The first-order valence-electron chi connectivity index (χ1n) is 5.84. The van der Waals surface area contributed by atoms with Gasteiger partial charge in [-0.05, 0) is 31.0 Å². The van der Waals surface area contributed by atoms with Gasteiger partial charge in [0.05, 0.1) is 5.02 Å². The van der Waals surface area contributed by atoms with Crippen molar-refractivity contribution in [3.8, 4) is 0 Å². The predicted molar refractivity (Wildman–Crippen MR) is 70.7 cm³/mol. The number of hydrogen-bond donors (Lipinski definition) is 1. The molecule has 2 rings (SSSR count). The van der Waals surface area contributed by atoms with E-state index in [1.165, 1.54) is 0 Å². The summed E-state index contributed by atoms with van der Waals surface area (Å²) in [6, 6.07) is 4.92. The van der Waals surface area contributed by atoms with Crippen molar-refractivity contribution in [1.29, 1.82) is 0 Å². The van der Waals surface area contributed by atoms with Crippen molar-refractivity contribution < 1.29 is 4.79 Å². The molecule has 1 aliphatic rings. The number of ketones is 1. The molecule has 0 spiro atoms. The highest BCUT2D eigenvalue weighted by atomic mass is 35.5. The molecular formula is C13H15Cl2NO. The minimum Gasteiger partial charge on any atom is -0.327 e. The normalized spacial score (nSPS) is 24.6. The van der Waals surface area contributed by atoms with E-state index in [0.717, 1.165) is 25.7 Å². The Morgan fingerprint density at radius 2 is 1.94 bits per heavy atom. The molecule has 92 valence electrons. The minimum atomic E-state index is -0.111. The molecule has 2 unspecified atom stereocenters. The van der Waals surface area contributed by atoms with Crippen molar-refractivity contribution in [2.24, 2.45) is 11.7 Å². The Morgan fingerprint density at radius 1 is 1.24 bits per heavy atom. The summed E-state index contributed by atoms with van der Waals surface area (Å²) in [7, 11) is 0. The van der Waals surface area contributed by atoms with Crippen LogP contribution in [0.15, 0.2) is 18.2 Å². The second-order valence-electron chi connectivity index (χ2n) is 4.54. The molecule has 1 aromatic carbocycles. The van der Waals surface area contributed by atoms with Gasteiger partial charge < -0.3 is 5.73 Å². The quantitative estimate of drug-likeness (QED) is 0.834. The van der Waals surface area contributed by atoms with Gasteiger partial charge in [-0.25, -0.2) is 0 Å². The van der Waals surface area contributed by atoms with Gasteiger partial charge in [0.2, 0.25) is 0 Å². The molecule has 2 atom stereocenters. The third kappa shape index (κ3) is 2.82. The van der Waals surface area contributed by atoms with E-state index in [1.54, 1.807) is 18.2 Å². The third-order valence-corrected chi connectivity index (χ3v) is 3.91. The fourth-order valence-electron chi connectivity index (χ4n) is 2.37. The average molecular weight is 272 g/mol. The molecule has 0 aromatic heterocycles.